The van der Waals surface area contributed by atoms with Crippen molar-refractivity contribution in [2.75, 3.05) is 13.2 Å². The molecule has 0 amide bonds. The molecule has 0 aliphatic carbocycles. The Balaban J connectivity index is 4.55. The van der Waals surface area contributed by atoms with Gasteiger partial charge in [-0.25, -0.2) is 0 Å². The van der Waals surface area contributed by atoms with E-state index in [0.29, 0.717) is 19.3 Å². The molecule has 0 aromatic rings. The number of carbonyl (C=O) groups is 3. The summed E-state index contributed by atoms with van der Waals surface area (Å²) in [6.07, 6.45) is 72.2. The molecule has 0 aliphatic rings. The quantitative estimate of drug-likeness (QED) is 0.0199. The van der Waals surface area contributed by atoms with Crippen molar-refractivity contribution >= 4 is 17.9 Å². The van der Waals surface area contributed by atoms with E-state index in [1.807, 2.05) is 12.2 Å². The van der Waals surface area contributed by atoms with E-state index in [4.69, 9.17) is 14.2 Å². The maximum atomic E-state index is 12.8. The Labute approximate surface area is 406 Å². The minimum Gasteiger partial charge on any atom is -0.462 e. The first-order valence-corrected chi connectivity index (χ1v) is 26.9. The topological polar surface area (TPSA) is 78.9 Å². The second kappa shape index (κ2) is 53.7. The molecule has 0 N–H and O–H groups in total. The lowest BCUT2D eigenvalue weighted by atomic mass is 10.1. The Hall–Kier alpha value is -3.93. The normalized spacial score (nSPS) is 13.0. The van der Waals surface area contributed by atoms with Gasteiger partial charge in [0.2, 0.25) is 0 Å². The van der Waals surface area contributed by atoms with Crippen LogP contribution < -0.4 is 0 Å². The number of esters is 3. The lowest BCUT2D eigenvalue weighted by molar-refractivity contribution is -0.166. The van der Waals surface area contributed by atoms with Gasteiger partial charge in [0.05, 0.1) is 0 Å². The minimum atomic E-state index is -0.822. The van der Waals surface area contributed by atoms with Gasteiger partial charge in [0.1, 0.15) is 13.2 Å². The van der Waals surface area contributed by atoms with Crippen LogP contribution in [0.4, 0.5) is 0 Å². The molecule has 0 aliphatic heterocycles. The Morgan fingerprint density at radius 3 is 1.15 bits per heavy atom. The molecule has 1 atom stereocenters. The summed E-state index contributed by atoms with van der Waals surface area (Å²) < 4.78 is 16.7. The van der Waals surface area contributed by atoms with Gasteiger partial charge in [-0.3, -0.25) is 14.4 Å². The van der Waals surface area contributed by atoms with Gasteiger partial charge in [-0.05, 0) is 109 Å². The van der Waals surface area contributed by atoms with Crippen LogP contribution in [-0.4, -0.2) is 37.2 Å². The molecule has 0 saturated carbocycles. The first-order valence-electron chi connectivity index (χ1n) is 26.9. The van der Waals surface area contributed by atoms with Crippen LogP contribution in [0.3, 0.4) is 0 Å². The monoisotopic (exact) mass is 915 g/mol. The SMILES string of the molecule is CC/C=C\C/C=C\C/C=C\C/C=C\C/C=C\C/C=C\CCC(=O)OCC(COC(=O)CCCCC/C=C\CCCCCCCCC)OC(=O)CCCCCCCC/C=C\C=C/CCCCC. The third-order valence-corrected chi connectivity index (χ3v) is 11.0. The summed E-state index contributed by atoms with van der Waals surface area (Å²) in [6, 6.07) is 0. The molecular weight excluding hydrogens is 817 g/mol. The van der Waals surface area contributed by atoms with Crippen molar-refractivity contribution in [3.63, 3.8) is 0 Å². The molecule has 0 bridgehead atoms. The summed E-state index contributed by atoms with van der Waals surface area (Å²) in [5.74, 6) is -1.03. The smallest absolute Gasteiger partial charge is 0.306 e. The van der Waals surface area contributed by atoms with Gasteiger partial charge in [0.15, 0.2) is 6.10 Å². The van der Waals surface area contributed by atoms with Crippen molar-refractivity contribution in [2.45, 2.75) is 239 Å². The zero-order chi connectivity index (χ0) is 47.9. The zero-order valence-electron chi connectivity index (χ0n) is 42.7. The van der Waals surface area contributed by atoms with E-state index in [0.717, 1.165) is 109 Å². The number of hydrogen-bond donors (Lipinski definition) is 0. The molecular formula is C60H98O6. The lowest BCUT2D eigenvalue weighted by Crippen LogP contribution is -2.30. The van der Waals surface area contributed by atoms with E-state index < -0.39 is 6.10 Å². The Morgan fingerprint density at radius 1 is 0.333 bits per heavy atom. The maximum Gasteiger partial charge on any atom is 0.306 e. The standard InChI is InChI=1S/C60H98O6/c1-4-7-10-13-16-19-22-25-28-29-30-31-33-35-38-41-44-47-50-53-59(62)65-56-57(55-64-58(61)52-49-46-43-40-37-34-27-24-21-18-15-12-9-6-3)66-60(63)54-51-48-45-42-39-36-32-26-23-20-17-14-11-8-5-2/h7,10,16-17,19-20,23,25-26,28,30-31,34-35,37-38,44,47,57H,4-6,8-9,11-15,18,21-22,24,27,29,32-33,36,39-43,45-46,48-56H2,1-3H3/b10-7-,19-16-,20-17-,26-23-,28-25-,31-30-,37-34-,38-35-,47-44-. The molecule has 0 heterocycles. The van der Waals surface area contributed by atoms with E-state index in [2.05, 4.69) is 118 Å². The molecule has 0 aromatic heterocycles. The van der Waals surface area contributed by atoms with Crippen LogP contribution in [0.2, 0.25) is 0 Å². The number of unbranched alkanes of at least 4 members (excludes halogenated alkanes) is 19. The number of hydrogen-bond acceptors (Lipinski definition) is 6. The maximum absolute atomic E-state index is 12.8. The third kappa shape index (κ3) is 51.1. The largest absolute Gasteiger partial charge is 0.462 e. The number of rotatable bonds is 47. The first kappa shape index (κ1) is 62.1. The van der Waals surface area contributed by atoms with Crippen LogP contribution in [0.5, 0.6) is 0 Å². The average Bonchev–Trinajstić information content (AvgIpc) is 3.31. The van der Waals surface area contributed by atoms with E-state index in [-0.39, 0.29) is 37.5 Å². The highest BCUT2D eigenvalue weighted by Gasteiger charge is 2.19. The Morgan fingerprint density at radius 2 is 0.667 bits per heavy atom. The van der Waals surface area contributed by atoms with Crippen LogP contribution in [-0.2, 0) is 28.6 Å². The van der Waals surface area contributed by atoms with Crippen LogP contribution in [0.1, 0.15) is 233 Å². The van der Waals surface area contributed by atoms with Crippen LogP contribution in [0.25, 0.3) is 0 Å². The van der Waals surface area contributed by atoms with E-state index >= 15 is 0 Å². The van der Waals surface area contributed by atoms with E-state index in [1.165, 1.54) is 77.0 Å². The third-order valence-electron chi connectivity index (χ3n) is 11.0. The zero-order valence-corrected chi connectivity index (χ0v) is 42.7. The molecule has 0 fully saturated rings. The summed E-state index contributed by atoms with van der Waals surface area (Å²) in [5, 5.41) is 0. The molecule has 374 valence electrons. The van der Waals surface area contributed by atoms with Gasteiger partial charge in [0, 0.05) is 19.3 Å². The second-order valence-corrected chi connectivity index (χ2v) is 17.4. The van der Waals surface area contributed by atoms with E-state index in [1.54, 1.807) is 0 Å². The molecule has 0 aromatic carbocycles. The highest BCUT2D eigenvalue weighted by Crippen LogP contribution is 2.13. The Kier molecular flexibility index (Phi) is 50.5. The van der Waals surface area contributed by atoms with Crippen molar-refractivity contribution in [1.82, 2.24) is 0 Å². The summed E-state index contributed by atoms with van der Waals surface area (Å²) in [7, 11) is 0. The van der Waals surface area contributed by atoms with Crippen LogP contribution >= 0.6 is 0 Å². The highest BCUT2D eigenvalue weighted by atomic mass is 16.6. The molecule has 6 nitrogen and oxygen atoms in total. The summed E-state index contributed by atoms with van der Waals surface area (Å²) >= 11 is 0. The van der Waals surface area contributed by atoms with Crippen molar-refractivity contribution in [3.05, 3.63) is 109 Å². The molecule has 0 saturated heterocycles. The summed E-state index contributed by atoms with van der Waals surface area (Å²) in [6.45, 7) is 6.39. The lowest BCUT2D eigenvalue weighted by Gasteiger charge is -2.18. The molecule has 0 spiro atoms. The molecule has 0 radical (unpaired) electrons. The summed E-state index contributed by atoms with van der Waals surface area (Å²) in [4.78, 5) is 38.0. The number of carbonyl (C=O) groups excluding carboxylic acids is 3. The first-order chi connectivity index (χ1) is 32.5. The fraction of sp³-hybridized carbons (Fsp3) is 0.650. The van der Waals surface area contributed by atoms with Gasteiger partial charge < -0.3 is 14.2 Å². The Bertz CT molecular complexity index is 1370. The predicted molar refractivity (Wildman–Crippen MR) is 283 cm³/mol. The predicted octanol–water partition coefficient (Wildman–Crippen LogP) is 17.9. The van der Waals surface area contributed by atoms with Gasteiger partial charge in [-0.2, -0.15) is 0 Å². The molecule has 1 unspecified atom stereocenters. The fourth-order valence-corrected chi connectivity index (χ4v) is 6.98. The molecule has 0 rings (SSSR count). The van der Waals surface area contributed by atoms with Crippen LogP contribution in [0.15, 0.2) is 109 Å². The van der Waals surface area contributed by atoms with Gasteiger partial charge in [-0.15, -0.1) is 0 Å². The second-order valence-electron chi connectivity index (χ2n) is 17.4. The fourth-order valence-electron chi connectivity index (χ4n) is 6.98. The molecule has 66 heavy (non-hydrogen) atoms. The van der Waals surface area contributed by atoms with E-state index in [9.17, 15) is 14.4 Å². The van der Waals surface area contributed by atoms with Gasteiger partial charge >= 0.3 is 17.9 Å². The van der Waals surface area contributed by atoms with Gasteiger partial charge in [-0.1, -0.05) is 214 Å². The molecule has 6 heteroatoms. The number of ether oxygens (including phenoxy) is 3. The minimum absolute atomic E-state index is 0.116. The summed E-state index contributed by atoms with van der Waals surface area (Å²) in [5.41, 5.74) is 0. The van der Waals surface area contributed by atoms with Crippen LogP contribution in [0, 0.1) is 0 Å². The highest BCUT2D eigenvalue weighted by molar-refractivity contribution is 5.71. The number of allylic oxidation sites excluding steroid dienone is 18. The van der Waals surface area contributed by atoms with Crippen molar-refractivity contribution < 1.29 is 28.6 Å². The van der Waals surface area contributed by atoms with Crippen molar-refractivity contribution in [3.8, 4) is 0 Å². The average molecular weight is 915 g/mol. The van der Waals surface area contributed by atoms with Crippen molar-refractivity contribution in [1.29, 1.82) is 0 Å². The van der Waals surface area contributed by atoms with Gasteiger partial charge in [0.25, 0.3) is 0 Å². The van der Waals surface area contributed by atoms with Crippen molar-refractivity contribution in [2.24, 2.45) is 0 Å².